The third-order valence-electron chi connectivity index (χ3n) is 4.03. The standard InChI is InChI=1S/C21H20FNO2/c1-15(21(24)23-13-12-16-6-9-19(22)10-7-16)25-20-11-8-17-4-2-3-5-18(17)14-20/h2-11,14-15H,12-13H2,1H3,(H,23,24)/t15-/m1/s1. The van der Waals surface area contributed by atoms with Crippen molar-refractivity contribution < 1.29 is 13.9 Å². The molecule has 0 aliphatic carbocycles. The summed E-state index contributed by atoms with van der Waals surface area (Å²) in [4.78, 5) is 12.2. The molecule has 0 aromatic heterocycles. The molecule has 3 aromatic carbocycles. The first-order chi connectivity index (χ1) is 12.1. The molecule has 0 fully saturated rings. The Morgan fingerprint density at radius 3 is 2.52 bits per heavy atom. The maximum atomic E-state index is 12.9. The van der Waals surface area contributed by atoms with E-state index < -0.39 is 6.10 Å². The Labute approximate surface area is 146 Å². The molecule has 0 bridgehead atoms. The fraction of sp³-hybridized carbons (Fsp3) is 0.190. The van der Waals surface area contributed by atoms with Gasteiger partial charge in [0.2, 0.25) is 0 Å². The lowest BCUT2D eigenvalue weighted by Gasteiger charge is -2.15. The van der Waals surface area contributed by atoms with Crippen LogP contribution in [-0.4, -0.2) is 18.6 Å². The smallest absolute Gasteiger partial charge is 0.260 e. The van der Waals surface area contributed by atoms with Gasteiger partial charge in [-0.25, -0.2) is 4.39 Å². The minimum atomic E-state index is -0.589. The first-order valence-electron chi connectivity index (χ1n) is 8.29. The third kappa shape index (κ3) is 4.57. The van der Waals surface area contributed by atoms with E-state index in [1.807, 2.05) is 42.5 Å². The molecule has 0 spiro atoms. The number of carbonyl (C=O) groups excluding carboxylic acids is 1. The molecular weight excluding hydrogens is 317 g/mol. The topological polar surface area (TPSA) is 38.3 Å². The lowest BCUT2D eigenvalue weighted by molar-refractivity contribution is -0.127. The van der Waals surface area contributed by atoms with Crippen molar-refractivity contribution in [3.63, 3.8) is 0 Å². The SMILES string of the molecule is C[C@@H](Oc1ccc2ccccc2c1)C(=O)NCCc1ccc(F)cc1. The van der Waals surface area contributed by atoms with Crippen molar-refractivity contribution in [2.45, 2.75) is 19.4 Å². The molecule has 4 heteroatoms. The first-order valence-corrected chi connectivity index (χ1v) is 8.29. The molecule has 0 saturated carbocycles. The van der Waals surface area contributed by atoms with Crippen LogP contribution in [-0.2, 0) is 11.2 Å². The Balaban J connectivity index is 1.52. The zero-order valence-electron chi connectivity index (χ0n) is 14.0. The molecule has 128 valence electrons. The summed E-state index contributed by atoms with van der Waals surface area (Å²) in [5.74, 6) is 0.236. The van der Waals surface area contributed by atoms with Gasteiger partial charge in [-0.3, -0.25) is 4.79 Å². The van der Waals surface area contributed by atoms with Gasteiger partial charge < -0.3 is 10.1 Å². The van der Waals surface area contributed by atoms with Crippen LogP contribution in [0.4, 0.5) is 4.39 Å². The zero-order valence-corrected chi connectivity index (χ0v) is 14.0. The Morgan fingerprint density at radius 1 is 1.04 bits per heavy atom. The second-order valence-electron chi connectivity index (χ2n) is 5.94. The van der Waals surface area contributed by atoms with Crippen molar-refractivity contribution in [2.75, 3.05) is 6.54 Å². The number of ether oxygens (including phenoxy) is 1. The van der Waals surface area contributed by atoms with Crippen molar-refractivity contribution >= 4 is 16.7 Å². The highest BCUT2D eigenvalue weighted by Gasteiger charge is 2.14. The molecule has 3 aromatic rings. The molecule has 0 saturated heterocycles. The quantitative estimate of drug-likeness (QED) is 0.735. The number of halogens is 1. The normalized spacial score (nSPS) is 11.9. The average molecular weight is 337 g/mol. The molecule has 3 rings (SSSR count). The van der Waals surface area contributed by atoms with Crippen LogP contribution in [0.25, 0.3) is 10.8 Å². The van der Waals surface area contributed by atoms with E-state index in [4.69, 9.17) is 4.74 Å². The van der Waals surface area contributed by atoms with Gasteiger partial charge in [-0.05, 0) is 53.9 Å². The molecule has 0 aliphatic rings. The number of benzene rings is 3. The lowest BCUT2D eigenvalue weighted by atomic mass is 10.1. The second kappa shape index (κ2) is 7.79. The van der Waals surface area contributed by atoms with Crippen molar-refractivity contribution in [1.29, 1.82) is 0 Å². The van der Waals surface area contributed by atoms with E-state index in [0.717, 1.165) is 16.3 Å². The summed E-state index contributed by atoms with van der Waals surface area (Å²) in [6.07, 6.45) is 0.0590. The predicted molar refractivity (Wildman–Crippen MR) is 97.2 cm³/mol. The number of nitrogens with one attached hydrogen (secondary N) is 1. The van der Waals surface area contributed by atoms with E-state index >= 15 is 0 Å². The van der Waals surface area contributed by atoms with E-state index in [2.05, 4.69) is 5.32 Å². The van der Waals surface area contributed by atoms with Crippen LogP contribution in [0.5, 0.6) is 5.75 Å². The highest BCUT2D eigenvalue weighted by Crippen LogP contribution is 2.21. The van der Waals surface area contributed by atoms with Crippen LogP contribution in [0.15, 0.2) is 66.7 Å². The molecule has 1 N–H and O–H groups in total. The van der Waals surface area contributed by atoms with Crippen LogP contribution >= 0.6 is 0 Å². The summed E-state index contributed by atoms with van der Waals surface area (Å²) in [6.45, 7) is 2.21. The summed E-state index contributed by atoms with van der Waals surface area (Å²) in [5.41, 5.74) is 0.977. The van der Waals surface area contributed by atoms with Gasteiger partial charge in [-0.2, -0.15) is 0 Å². The highest BCUT2D eigenvalue weighted by molar-refractivity contribution is 5.84. The van der Waals surface area contributed by atoms with Gasteiger partial charge in [0.05, 0.1) is 0 Å². The van der Waals surface area contributed by atoms with Gasteiger partial charge in [0.25, 0.3) is 5.91 Å². The molecule has 25 heavy (non-hydrogen) atoms. The number of hydrogen-bond donors (Lipinski definition) is 1. The number of carbonyl (C=O) groups is 1. The Kier molecular flexibility index (Phi) is 5.29. The van der Waals surface area contributed by atoms with Crippen LogP contribution in [0.2, 0.25) is 0 Å². The molecular formula is C21H20FNO2. The largest absolute Gasteiger partial charge is 0.481 e. The highest BCUT2D eigenvalue weighted by atomic mass is 19.1. The van der Waals surface area contributed by atoms with Gasteiger partial charge in [0, 0.05) is 6.54 Å². The Bertz CT molecular complexity index is 861. The molecule has 1 amide bonds. The van der Waals surface area contributed by atoms with E-state index in [1.54, 1.807) is 19.1 Å². The van der Waals surface area contributed by atoms with E-state index in [-0.39, 0.29) is 11.7 Å². The van der Waals surface area contributed by atoms with Gasteiger partial charge in [-0.1, -0.05) is 42.5 Å². The van der Waals surface area contributed by atoms with E-state index in [0.29, 0.717) is 18.7 Å². The van der Waals surface area contributed by atoms with Crippen molar-refractivity contribution in [3.8, 4) is 5.75 Å². The number of fused-ring (bicyclic) bond motifs is 1. The average Bonchev–Trinajstić information content (AvgIpc) is 2.63. The van der Waals surface area contributed by atoms with Crippen molar-refractivity contribution in [2.24, 2.45) is 0 Å². The molecule has 1 atom stereocenters. The van der Waals surface area contributed by atoms with Gasteiger partial charge in [0.1, 0.15) is 11.6 Å². The maximum absolute atomic E-state index is 12.9. The summed E-state index contributed by atoms with van der Waals surface area (Å²) in [7, 11) is 0. The van der Waals surface area contributed by atoms with E-state index in [1.165, 1.54) is 12.1 Å². The minimum Gasteiger partial charge on any atom is -0.481 e. The summed E-state index contributed by atoms with van der Waals surface area (Å²) in [6, 6.07) is 20.0. The summed E-state index contributed by atoms with van der Waals surface area (Å²) < 4.78 is 18.6. The predicted octanol–water partition coefficient (Wildman–Crippen LogP) is 4.11. The molecule has 3 nitrogen and oxygen atoms in total. The third-order valence-corrected chi connectivity index (χ3v) is 4.03. The number of rotatable bonds is 6. The number of amides is 1. The molecule has 0 radical (unpaired) electrons. The fourth-order valence-electron chi connectivity index (χ4n) is 2.62. The summed E-state index contributed by atoms with van der Waals surface area (Å²) >= 11 is 0. The molecule has 0 unspecified atom stereocenters. The first kappa shape index (κ1) is 17.0. The summed E-state index contributed by atoms with van der Waals surface area (Å²) in [5, 5.41) is 5.05. The van der Waals surface area contributed by atoms with E-state index in [9.17, 15) is 9.18 Å². The van der Waals surface area contributed by atoms with Gasteiger partial charge in [0.15, 0.2) is 6.10 Å². The zero-order chi connectivity index (χ0) is 17.6. The fourth-order valence-corrected chi connectivity index (χ4v) is 2.62. The molecule has 0 heterocycles. The lowest BCUT2D eigenvalue weighted by Crippen LogP contribution is -2.37. The van der Waals surface area contributed by atoms with Crippen LogP contribution in [0, 0.1) is 5.82 Å². The minimum absolute atomic E-state index is 0.171. The van der Waals surface area contributed by atoms with Crippen LogP contribution in [0.1, 0.15) is 12.5 Å². The van der Waals surface area contributed by atoms with Crippen molar-refractivity contribution in [3.05, 3.63) is 78.1 Å². The van der Waals surface area contributed by atoms with Gasteiger partial charge >= 0.3 is 0 Å². The van der Waals surface area contributed by atoms with Crippen LogP contribution in [0.3, 0.4) is 0 Å². The van der Waals surface area contributed by atoms with Crippen LogP contribution < -0.4 is 10.1 Å². The monoisotopic (exact) mass is 337 g/mol. The van der Waals surface area contributed by atoms with Crippen molar-refractivity contribution in [1.82, 2.24) is 5.32 Å². The molecule has 0 aliphatic heterocycles. The second-order valence-corrected chi connectivity index (χ2v) is 5.94. The Morgan fingerprint density at radius 2 is 1.76 bits per heavy atom. The van der Waals surface area contributed by atoms with Gasteiger partial charge in [-0.15, -0.1) is 0 Å². The Hall–Kier alpha value is -2.88. The number of hydrogen-bond acceptors (Lipinski definition) is 2. The maximum Gasteiger partial charge on any atom is 0.260 e.